The Morgan fingerprint density at radius 1 is 1.30 bits per heavy atom. The quantitative estimate of drug-likeness (QED) is 0.819. The van der Waals surface area contributed by atoms with Crippen LogP contribution >= 0.6 is 23.4 Å². The Balaban J connectivity index is 2.69. The Kier molecular flexibility index (Phi) is 5.89. The molecule has 1 aromatic rings. The Morgan fingerprint density at radius 2 is 1.85 bits per heavy atom. The first-order chi connectivity index (χ1) is 9.28. The highest BCUT2D eigenvalue weighted by molar-refractivity contribution is 8.00. The number of carbonyl (C=O) groups is 2. The van der Waals surface area contributed by atoms with Crippen molar-refractivity contribution in [1.82, 2.24) is 4.90 Å². The van der Waals surface area contributed by atoms with Crippen molar-refractivity contribution in [1.29, 1.82) is 0 Å². The predicted molar refractivity (Wildman–Crippen MR) is 81.3 cm³/mol. The van der Waals surface area contributed by atoms with E-state index >= 15 is 0 Å². The van der Waals surface area contributed by atoms with Crippen molar-refractivity contribution in [2.45, 2.75) is 31.2 Å². The molecule has 1 rings (SSSR count). The lowest BCUT2D eigenvalue weighted by Gasteiger charge is -2.34. The van der Waals surface area contributed by atoms with E-state index in [0.717, 1.165) is 4.90 Å². The molecule has 0 aromatic heterocycles. The van der Waals surface area contributed by atoms with Crippen molar-refractivity contribution in [3.05, 3.63) is 29.3 Å². The maximum absolute atomic E-state index is 12.2. The van der Waals surface area contributed by atoms with Crippen LogP contribution in [0.2, 0.25) is 5.02 Å². The summed E-state index contributed by atoms with van der Waals surface area (Å²) in [7, 11) is 0. The molecule has 0 fully saturated rings. The van der Waals surface area contributed by atoms with Crippen LogP contribution in [0.4, 0.5) is 0 Å². The van der Waals surface area contributed by atoms with E-state index in [-0.39, 0.29) is 11.7 Å². The monoisotopic (exact) mass is 315 g/mol. The van der Waals surface area contributed by atoms with Gasteiger partial charge in [0.1, 0.15) is 5.54 Å². The molecule has 0 aliphatic rings. The van der Waals surface area contributed by atoms with Gasteiger partial charge in [-0.2, -0.15) is 0 Å². The summed E-state index contributed by atoms with van der Waals surface area (Å²) in [6.07, 6.45) is 0. The highest BCUT2D eigenvalue weighted by Crippen LogP contribution is 2.22. The molecule has 0 saturated heterocycles. The molecule has 110 valence electrons. The number of carboxylic acids is 1. The molecule has 6 heteroatoms. The number of likely N-dealkylation sites (N-methyl/N-ethyl adjacent to an activating group) is 1. The van der Waals surface area contributed by atoms with E-state index in [0.29, 0.717) is 11.6 Å². The van der Waals surface area contributed by atoms with E-state index in [4.69, 9.17) is 11.6 Å². The van der Waals surface area contributed by atoms with Crippen molar-refractivity contribution in [2.75, 3.05) is 12.3 Å². The molecule has 20 heavy (non-hydrogen) atoms. The van der Waals surface area contributed by atoms with Crippen LogP contribution in [0.3, 0.4) is 0 Å². The van der Waals surface area contributed by atoms with Gasteiger partial charge in [-0.1, -0.05) is 11.6 Å². The first-order valence-electron chi connectivity index (χ1n) is 6.21. The smallest absolute Gasteiger partial charge is 0.329 e. The minimum Gasteiger partial charge on any atom is -0.480 e. The third-order valence-electron chi connectivity index (χ3n) is 2.99. The van der Waals surface area contributed by atoms with Crippen molar-refractivity contribution >= 4 is 35.2 Å². The van der Waals surface area contributed by atoms with E-state index in [1.54, 1.807) is 19.1 Å². The van der Waals surface area contributed by atoms with Gasteiger partial charge in [-0.15, -0.1) is 11.8 Å². The highest BCUT2D eigenvalue weighted by Gasteiger charge is 2.36. The third kappa shape index (κ3) is 4.15. The zero-order valence-corrected chi connectivity index (χ0v) is 13.3. The first kappa shape index (κ1) is 16.9. The molecule has 0 radical (unpaired) electrons. The number of thioether (sulfide) groups is 1. The number of benzene rings is 1. The van der Waals surface area contributed by atoms with Gasteiger partial charge in [0.25, 0.3) is 0 Å². The Hall–Kier alpha value is -1.20. The van der Waals surface area contributed by atoms with Crippen molar-refractivity contribution < 1.29 is 14.7 Å². The molecule has 0 unspecified atom stereocenters. The number of nitrogens with zero attached hydrogens (tertiary/aromatic N) is 1. The fourth-order valence-corrected chi connectivity index (χ4v) is 2.65. The highest BCUT2D eigenvalue weighted by atomic mass is 35.5. The zero-order chi connectivity index (χ0) is 15.3. The average molecular weight is 316 g/mol. The van der Waals surface area contributed by atoms with Crippen LogP contribution < -0.4 is 0 Å². The molecule has 0 aliphatic heterocycles. The standard InChI is InChI=1S/C14H18ClNO3S/c1-4-16(14(2,3)13(18)19)12(17)9-20-11-7-5-10(15)6-8-11/h5-8H,4,9H2,1-3H3,(H,18,19). The molecule has 4 nitrogen and oxygen atoms in total. The van der Waals surface area contributed by atoms with Gasteiger partial charge in [0.2, 0.25) is 5.91 Å². The Labute approximate surface area is 128 Å². The van der Waals surface area contributed by atoms with Crippen LogP contribution in [-0.4, -0.2) is 39.7 Å². The lowest BCUT2D eigenvalue weighted by molar-refractivity contribution is -0.155. The number of carboxylic acid groups (broad SMARTS) is 1. The molecule has 0 aliphatic carbocycles. The average Bonchev–Trinajstić information content (AvgIpc) is 2.38. The maximum atomic E-state index is 12.2. The zero-order valence-electron chi connectivity index (χ0n) is 11.7. The molecular weight excluding hydrogens is 298 g/mol. The molecular formula is C14H18ClNO3S. The van der Waals surface area contributed by atoms with E-state index < -0.39 is 11.5 Å². The third-order valence-corrected chi connectivity index (χ3v) is 4.24. The van der Waals surface area contributed by atoms with E-state index in [1.807, 2.05) is 12.1 Å². The van der Waals surface area contributed by atoms with Crippen molar-refractivity contribution in [2.24, 2.45) is 0 Å². The number of carbonyl (C=O) groups excluding carboxylic acids is 1. The molecule has 1 N–H and O–H groups in total. The van der Waals surface area contributed by atoms with Crippen LogP contribution in [0.25, 0.3) is 0 Å². The van der Waals surface area contributed by atoms with E-state index in [1.165, 1.54) is 30.5 Å². The topological polar surface area (TPSA) is 57.6 Å². The van der Waals surface area contributed by atoms with Crippen molar-refractivity contribution in [3.63, 3.8) is 0 Å². The van der Waals surface area contributed by atoms with Crippen LogP contribution in [-0.2, 0) is 9.59 Å². The van der Waals surface area contributed by atoms with Crippen LogP contribution in [0.15, 0.2) is 29.2 Å². The second-order valence-electron chi connectivity index (χ2n) is 4.74. The van der Waals surface area contributed by atoms with Gasteiger partial charge >= 0.3 is 5.97 Å². The van der Waals surface area contributed by atoms with Gasteiger partial charge in [0.05, 0.1) is 5.75 Å². The normalized spacial score (nSPS) is 11.2. The van der Waals surface area contributed by atoms with Gasteiger partial charge in [-0.25, -0.2) is 4.79 Å². The second kappa shape index (κ2) is 6.99. The Morgan fingerprint density at radius 3 is 2.30 bits per heavy atom. The summed E-state index contributed by atoms with van der Waals surface area (Å²) in [6, 6.07) is 7.18. The number of hydrogen-bond donors (Lipinski definition) is 1. The fourth-order valence-electron chi connectivity index (χ4n) is 1.75. The van der Waals surface area contributed by atoms with Gasteiger partial charge in [0.15, 0.2) is 0 Å². The molecule has 0 saturated carbocycles. The summed E-state index contributed by atoms with van der Waals surface area (Å²) in [6.45, 7) is 5.20. The molecule has 0 atom stereocenters. The largest absolute Gasteiger partial charge is 0.480 e. The summed E-state index contributed by atoms with van der Waals surface area (Å²) in [5, 5.41) is 9.83. The van der Waals surface area contributed by atoms with Crippen molar-refractivity contribution in [3.8, 4) is 0 Å². The number of rotatable bonds is 6. The maximum Gasteiger partial charge on any atom is 0.329 e. The number of amides is 1. The predicted octanol–water partition coefficient (Wildman–Crippen LogP) is 3.14. The van der Waals surface area contributed by atoms with Gasteiger partial charge in [-0.3, -0.25) is 4.79 Å². The lowest BCUT2D eigenvalue weighted by Crippen LogP contribution is -2.53. The lowest BCUT2D eigenvalue weighted by atomic mass is 10.0. The molecule has 0 spiro atoms. The van der Waals surface area contributed by atoms with Gasteiger partial charge in [0, 0.05) is 16.5 Å². The number of halogens is 1. The minimum absolute atomic E-state index is 0.195. The number of aliphatic carboxylic acids is 1. The molecule has 1 aromatic carbocycles. The fraction of sp³-hybridized carbons (Fsp3) is 0.429. The summed E-state index contributed by atoms with van der Waals surface area (Å²) in [4.78, 5) is 25.7. The molecule has 1 amide bonds. The van der Waals surface area contributed by atoms with E-state index in [2.05, 4.69) is 0 Å². The van der Waals surface area contributed by atoms with E-state index in [9.17, 15) is 14.7 Å². The van der Waals surface area contributed by atoms with Crippen LogP contribution in [0.5, 0.6) is 0 Å². The SMILES string of the molecule is CCN(C(=O)CSc1ccc(Cl)cc1)C(C)(C)C(=O)O. The second-order valence-corrected chi connectivity index (χ2v) is 6.23. The molecule has 0 heterocycles. The summed E-state index contributed by atoms with van der Waals surface area (Å²) < 4.78 is 0. The van der Waals surface area contributed by atoms with Gasteiger partial charge < -0.3 is 10.0 Å². The summed E-state index contributed by atoms with van der Waals surface area (Å²) >= 11 is 7.16. The molecule has 0 bridgehead atoms. The first-order valence-corrected chi connectivity index (χ1v) is 7.57. The number of hydrogen-bond acceptors (Lipinski definition) is 3. The van der Waals surface area contributed by atoms with Gasteiger partial charge in [-0.05, 0) is 45.0 Å². The summed E-state index contributed by atoms with van der Waals surface area (Å²) in [5.74, 6) is -1.00. The summed E-state index contributed by atoms with van der Waals surface area (Å²) in [5.41, 5.74) is -1.20. The Bertz CT molecular complexity index is 488. The minimum atomic E-state index is -1.20. The van der Waals surface area contributed by atoms with Crippen LogP contribution in [0.1, 0.15) is 20.8 Å². The van der Waals surface area contributed by atoms with Crippen LogP contribution in [0, 0.1) is 0 Å².